The molecule has 0 aromatic heterocycles. The second kappa shape index (κ2) is 6.67. The molecule has 0 aliphatic rings. The predicted molar refractivity (Wildman–Crippen MR) is 76.2 cm³/mol. The summed E-state index contributed by atoms with van der Waals surface area (Å²) >= 11 is 4.60. The van der Waals surface area contributed by atoms with Gasteiger partial charge in [0.15, 0.2) is 0 Å². The third kappa shape index (κ3) is 4.99. The van der Waals surface area contributed by atoms with Gasteiger partial charge < -0.3 is 10.5 Å². The summed E-state index contributed by atoms with van der Waals surface area (Å²) in [4.78, 5) is -0.0585. The van der Waals surface area contributed by atoms with Crippen LogP contribution >= 0.6 is 12.2 Å². The molecule has 1 aromatic rings. The van der Waals surface area contributed by atoms with Crippen LogP contribution in [0.3, 0.4) is 0 Å². The highest BCUT2D eigenvalue weighted by molar-refractivity contribution is 7.95. The Kier molecular flexibility index (Phi) is 5.52. The fraction of sp³-hybridized carbons (Fsp3) is 0.364. The topological polar surface area (TPSA) is 81.4 Å². The molecule has 1 rings (SSSR count). The number of sulfonamides is 1. The van der Waals surface area contributed by atoms with Gasteiger partial charge in [0.25, 0.3) is 0 Å². The molecular formula is C11H16N2O3S2. The Morgan fingerprint density at radius 3 is 2.72 bits per heavy atom. The van der Waals surface area contributed by atoms with E-state index in [1.807, 2.05) is 12.1 Å². The number of hydrogen-bond donors (Lipinski definition) is 2. The van der Waals surface area contributed by atoms with Crippen molar-refractivity contribution in [2.45, 2.75) is 6.42 Å². The zero-order valence-electron chi connectivity index (χ0n) is 10.0. The van der Waals surface area contributed by atoms with Crippen LogP contribution in [0, 0.1) is 0 Å². The number of ether oxygens (including phenoxy) is 1. The summed E-state index contributed by atoms with van der Waals surface area (Å²) in [7, 11) is -1.94. The number of benzene rings is 1. The normalized spacial score (nSPS) is 11.2. The lowest BCUT2D eigenvalue weighted by molar-refractivity contribution is 0.202. The van der Waals surface area contributed by atoms with Crippen molar-refractivity contribution >= 4 is 32.9 Å². The fourth-order valence-corrected chi connectivity index (χ4v) is 2.89. The summed E-state index contributed by atoms with van der Waals surface area (Å²) in [6.07, 6.45) is 0.627. The molecule has 0 aliphatic carbocycles. The van der Waals surface area contributed by atoms with E-state index in [4.69, 9.17) is 10.5 Å². The smallest absolute Gasteiger partial charge is 0.239 e. The molecule has 3 N–H and O–H groups in total. The first-order valence-corrected chi connectivity index (χ1v) is 7.36. The number of rotatable bonds is 7. The summed E-state index contributed by atoms with van der Waals surface area (Å²) in [6.45, 7) is 0.522. The van der Waals surface area contributed by atoms with Gasteiger partial charge in [-0.3, -0.25) is 4.72 Å². The highest BCUT2D eigenvalue weighted by atomic mass is 32.2. The first-order valence-electron chi connectivity index (χ1n) is 5.30. The van der Waals surface area contributed by atoms with E-state index in [1.54, 1.807) is 19.2 Å². The summed E-state index contributed by atoms with van der Waals surface area (Å²) in [5, 5.41) is 0. The Morgan fingerprint density at radius 1 is 1.44 bits per heavy atom. The molecule has 0 heterocycles. The van der Waals surface area contributed by atoms with Crippen LogP contribution in [-0.2, 0) is 21.2 Å². The van der Waals surface area contributed by atoms with Crippen molar-refractivity contribution in [2.24, 2.45) is 5.73 Å². The van der Waals surface area contributed by atoms with E-state index in [0.29, 0.717) is 18.7 Å². The van der Waals surface area contributed by atoms with E-state index in [-0.39, 0.29) is 10.7 Å². The van der Waals surface area contributed by atoms with Crippen molar-refractivity contribution in [3.05, 3.63) is 29.8 Å². The molecule has 0 bridgehead atoms. The van der Waals surface area contributed by atoms with Gasteiger partial charge in [-0.15, -0.1) is 0 Å². The fourth-order valence-electron chi connectivity index (χ4n) is 1.44. The molecule has 0 unspecified atom stereocenters. The van der Waals surface area contributed by atoms with Crippen LogP contribution in [0.1, 0.15) is 5.56 Å². The Bertz CT molecular complexity index is 515. The van der Waals surface area contributed by atoms with Crippen LogP contribution in [0.25, 0.3) is 0 Å². The lowest BCUT2D eigenvalue weighted by Crippen LogP contribution is -2.26. The molecule has 18 heavy (non-hydrogen) atoms. The average molecular weight is 288 g/mol. The van der Waals surface area contributed by atoms with Gasteiger partial charge in [0.05, 0.1) is 17.3 Å². The van der Waals surface area contributed by atoms with Crippen molar-refractivity contribution in [1.82, 2.24) is 0 Å². The standard InChI is InChI=1S/C11H16N2O3S2/c1-16-7-6-9-4-2-3-5-10(9)13-18(14,15)8-11(12)17/h2-5,13H,6-8H2,1H3,(H2,12,17). The van der Waals surface area contributed by atoms with E-state index in [2.05, 4.69) is 16.9 Å². The lowest BCUT2D eigenvalue weighted by atomic mass is 10.1. The predicted octanol–water partition coefficient (Wildman–Crippen LogP) is 0.903. The number of methoxy groups -OCH3 is 1. The Morgan fingerprint density at radius 2 is 2.11 bits per heavy atom. The highest BCUT2D eigenvalue weighted by Gasteiger charge is 2.13. The zero-order valence-corrected chi connectivity index (χ0v) is 11.7. The van der Waals surface area contributed by atoms with Crippen molar-refractivity contribution in [1.29, 1.82) is 0 Å². The van der Waals surface area contributed by atoms with Gasteiger partial charge in [0.2, 0.25) is 10.0 Å². The molecule has 1 aromatic carbocycles. The number of para-hydroxylation sites is 1. The van der Waals surface area contributed by atoms with Gasteiger partial charge in [-0.2, -0.15) is 0 Å². The average Bonchev–Trinajstić information content (AvgIpc) is 2.25. The van der Waals surface area contributed by atoms with Gasteiger partial charge in [0, 0.05) is 7.11 Å². The maximum atomic E-state index is 11.7. The summed E-state index contributed by atoms with van der Waals surface area (Å²) in [5.41, 5.74) is 6.64. The monoisotopic (exact) mass is 288 g/mol. The molecule has 0 saturated carbocycles. The number of nitrogens with one attached hydrogen (secondary N) is 1. The van der Waals surface area contributed by atoms with Crippen LogP contribution < -0.4 is 10.5 Å². The van der Waals surface area contributed by atoms with Crippen molar-refractivity contribution in [3.63, 3.8) is 0 Å². The van der Waals surface area contributed by atoms with E-state index in [9.17, 15) is 8.42 Å². The van der Waals surface area contributed by atoms with Crippen LogP contribution in [0.15, 0.2) is 24.3 Å². The molecule has 7 heteroatoms. The van der Waals surface area contributed by atoms with Gasteiger partial charge in [-0.25, -0.2) is 8.42 Å². The third-order valence-corrected chi connectivity index (χ3v) is 3.74. The van der Waals surface area contributed by atoms with Crippen molar-refractivity contribution < 1.29 is 13.2 Å². The van der Waals surface area contributed by atoms with Crippen LogP contribution in [-0.4, -0.2) is 32.9 Å². The Balaban J connectivity index is 2.86. The number of anilines is 1. The number of nitrogens with two attached hydrogens (primary N) is 1. The second-order valence-electron chi connectivity index (χ2n) is 3.73. The maximum Gasteiger partial charge on any atom is 0.239 e. The van der Waals surface area contributed by atoms with Crippen LogP contribution in [0.4, 0.5) is 5.69 Å². The second-order valence-corrected chi connectivity index (χ2v) is 5.97. The van der Waals surface area contributed by atoms with E-state index in [0.717, 1.165) is 5.56 Å². The van der Waals surface area contributed by atoms with Gasteiger partial charge in [0.1, 0.15) is 5.75 Å². The molecule has 0 radical (unpaired) electrons. The number of hydrogen-bond acceptors (Lipinski definition) is 4. The number of thiocarbonyl (C=S) groups is 1. The lowest BCUT2D eigenvalue weighted by Gasteiger charge is -2.11. The molecule has 0 aliphatic heterocycles. The van der Waals surface area contributed by atoms with Crippen molar-refractivity contribution in [3.8, 4) is 0 Å². The molecule has 0 fully saturated rings. The summed E-state index contributed by atoms with van der Waals surface area (Å²) < 4.78 is 30.9. The van der Waals surface area contributed by atoms with E-state index in [1.165, 1.54) is 0 Å². The molecular weight excluding hydrogens is 272 g/mol. The van der Waals surface area contributed by atoms with Gasteiger partial charge in [-0.05, 0) is 18.1 Å². The molecule has 0 spiro atoms. The SMILES string of the molecule is COCCc1ccccc1NS(=O)(=O)CC(N)=S. The minimum atomic E-state index is -3.54. The third-order valence-electron chi connectivity index (χ3n) is 2.19. The molecule has 0 atom stereocenters. The largest absolute Gasteiger partial charge is 0.392 e. The zero-order chi connectivity index (χ0) is 13.6. The first-order chi connectivity index (χ1) is 8.44. The van der Waals surface area contributed by atoms with Crippen LogP contribution in [0.2, 0.25) is 0 Å². The first kappa shape index (κ1) is 14.9. The van der Waals surface area contributed by atoms with Gasteiger partial charge in [-0.1, -0.05) is 30.4 Å². The minimum Gasteiger partial charge on any atom is -0.392 e. The minimum absolute atomic E-state index is 0.0585. The quantitative estimate of drug-likeness (QED) is 0.729. The molecule has 0 amide bonds. The van der Waals surface area contributed by atoms with Crippen LogP contribution in [0.5, 0.6) is 0 Å². The highest BCUT2D eigenvalue weighted by Crippen LogP contribution is 2.17. The van der Waals surface area contributed by atoms with E-state index < -0.39 is 10.0 Å². The van der Waals surface area contributed by atoms with Crippen molar-refractivity contribution in [2.75, 3.05) is 24.2 Å². The molecule has 5 nitrogen and oxygen atoms in total. The molecule has 100 valence electrons. The maximum absolute atomic E-state index is 11.7. The Hall–Kier alpha value is -1.18. The van der Waals surface area contributed by atoms with E-state index >= 15 is 0 Å². The van der Waals surface area contributed by atoms with Gasteiger partial charge >= 0.3 is 0 Å². The summed E-state index contributed by atoms with van der Waals surface area (Å²) in [5.74, 6) is -0.360. The summed E-state index contributed by atoms with van der Waals surface area (Å²) in [6, 6.07) is 7.14. The Labute approximate surface area is 112 Å². The molecule has 0 saturated heterocycles.